The van der Waals surface area contributed by atoms with Crippen molar-refractivity contribution in [2.75, 3.05) is 6.54 Å². The highest BCUT2D eigenvalue weighted by atomic mass is 32.2. The Morgan fingerprint density at radius 2 is 2.16 bits per heavy atom. The Balaban J connectivity index is 1.38. The molecule has 0 aromatic carbocycles. The molecule has 0 N–H and O–H groups in total. The van der Waals surface area contributed by atoms with Crippen molar-refractivity contribution >= 4 is 29.0 Å². The summed E-state index contributed by atoms with van der Waals surface area (Å²) >= 11 is 3.05. The minimum absolute atomic E-state index is 0.171. The Morgan fingerprint density at radius 3 is 3.00 bits per heavy atom. The highest BCUT2D eigenvalue weighted by molar-refractivity contribution is 7.98. The molecule has 0 spiro atoms. The molecule has 0 bridgehead atoms. The van der Waals surface area contributed by atoms with Gasteiger partial charge in [-0.1, -0.05) is 23.3 Å². The van der Waals surface area contributed by atoms with Crippen molar-refractivity contribution in [3.05, 3.63) is 53.1 Å². The molecule has 1 fully saturated rings. The Bertz CT molecular complexity index is 1170. The van der Waals surface area contributed by atoms with Gasteiger partial charge in [-0.3, -0.25) is 14.3 Å². The summed E-state index contributed by atoms with van der Waals surface area (Å²) in [5.41, 5.74) is 1.79. The second-order valence-corrected chi connectivity index (χ2v) is 9.11. The molecule has 1 saturated heterocycles. The van der Waals surface area contributed by atoms with E-state index in [-0.39, 0.29) is 5.91 Å². The molecule has 0 aliphatic carbocycles. The molecule has 1 aliphatic heterocycles. The molecule has 0 atom stereocenters. The first kappa shape index (κ1) is 20.8. The molecule has 0 unspecified atom stereocenters. The molecule has 32 heavy (non-hydrogen) atoms. The summed E-state index contributed by atoms with van der Waals surface area (Å²) < 4.78 is 7.36. The molecular weight excluding hydrogens is 446 g/mol. The van der Waals surface area contributed by atoms with Crippen LogP contribution < -0.4 is 0 Å². The highest BCUT2D eigenvalue weighted by Gasteiger charge is 2.22. The molecule has 1 aliphatic rings. The molecule has 0 saturated carbocycles. The van der Waals surface area contributed by atoms with E-state index >= 15 is 0 Å². The maximum Gasteiger partial charge on any atom is 0.237 e. The zero-order valence-electron chi connectivity index (χ0n) is 17.3. The number of nitrogens with zero attached hydrogens (tertiary/aromatic N) is 7. The van der Waals surface area contributed by atoms with Crippen LogP contribution in [0.2, 0.25) is 0 Å². The summed E-state index contributed by atoms with van der Waals surface area (Å²) in [4.78, 5) is 23.1. The molecule has 164 valence electrons. The monoisotopic (exact) mass is 467 g/mol. The van der Waals surface area contributed by atoms with Crippen molar-refractivity contribution in [1.29, 1.82) is 0 Å². The maximum absolute atomic E-state index is 12.5. The van der Waals surface area contributed by atoms with E-state index in [1.165, 1.54) is 11.8 Å². The summed E-state index contributed by atoms with van der Waals surface area (Å²) in [6.45, 7) is 1.17. The Morgan fingerprint density at radius 1 is 1.19 bits per heavy atom. The largest absolute Gasteiger partial charge is 0.338 e. The summed E-state index contributed by atoms with van der Waals surface area (Å²) in [6, 6.07) is 5.78. The summed E-state index contributed by atoms with van der Waals surface area (Å²) in [6.07, 6.45) is 7.12. The number of hydrogen-bond acceptors (Lipinski definition) is 9. The molecule has 4 aromatic rings. The topological polar surface area (TPSA) is 103 Å². The van der Waals surface area contributed by atoms with Crippen LogP contribution in [-0.4, -0.2) is 47.2 Å². The average molecular weight is 468 g/mol. The number of pyridine rings is 1. The Labute approximate surface area is 192 Å². The van der Waals surface area contributed by atoms with Crippen LogP contribution in [0.25, 0.3) is 17.1 Å². The zero-order valence-corrected chi connectivity index (χ0v) is 18.9. The van der Waals surface area contributed by atoms with Crippen LogP contribution in [0.5, 0.6) is 0 Å². The Hall–Kier alpha value is -3.05. The first-order chi connectivity index (χ1) is 15.8. The molecule has 4 aromatic heterocycles. The van der Waals surface area contributed by atoms with E-state index in [0.29, 0.717) is 41.4 Å². The summed E-state index contributed by atoms with van der Waals surface area (Å²) in [5, 5.41) is 17.5. The fourth-order valence-corrected chi connectivity index (χ4v) is 5.01. The van der Waals surface area contributed by atoms with Gasteiger partial charge in [0.1, 0.15) is 0 Å². The molecule has 5 rings (SSSR count). The van der Waals surface area contributed by atoms with Crippen molar-refractivity contribution in [1.82, 2.24) is 34.8 Å². The summed E-state index contributed by atoms with van der Waals surface area (Å²) in [7, 11) is 0. The third-order valence-electron chi connectivity index (χ3n) is 5.18. The van der Waals surface area contributed by atoms with Crippen molar-refractivity contribution < 1.29 is 9.32 Å². The quantitative estimate of drug-likeness (QED) is 0.376. The number of thioether (sulfide) groups is 1. The van der Waals surface area contributed by atoms with Gasteiger partial charge in [0.25, 0.3) is 0 Å². The fraction of sp³-hybridized carbons (Fsp3) is 0.333. The van der Waals surface area contributed by atoms with Gasteiger partial charge in [-0.15, -0.1) is 10.2 Å². The number of aromatic nitrogens is 6. The Kier molecular flexibility index (Phi) is 6.26. The van der Waals surface area contributed by atoms with Gasteiger partial charge < -0.3 is 9.42 Å². The number of likely N-dealkylation sites (tertiary alicyclic amines) is 1. The van der Waals surface area contributed by atoms with Crippen molar-refractivity contribution in [3.63, 3.8) is 0 Å². The van der Waals surface area contributed by atoms with E-state index in [1.54, 1.807) is 23.7 Å². The van der Waals surface area contributed by atoms with Crippen LogP contribution in [0.3, 0.4) is 0 Å². The van der Waals surface area contributed by atoms with Crippen molar-refractivity contribution in [2.24, 2.45) is 0 Å². The first-order valence-electron chi connectivity index (χ1n) is 10.4. The predicted octanol–water partition coefficient (Wildman–Crippen LogP) is 3.97. The SMILES string of the molecule is O=C1CCCCCN1Cc1nnc(SCc2nc(-c3ccsc3)no2)n1-c1cccnc1. The molecule has 9 nitrogen and oxygen atoms in total. The van der Waals surface area contributed by atoms with Crippen molar-refractivity contribution in [3.8, 4) is 17.1 Å². The maximum atomic E-state index is 12.5. The van der Waals surface area contributed by atoms with Gasteiger partial charge >= 0.3 is 0 Å². The minimum atomic E-state index is 0.171. The van der Waals surface area contributed by atoms with E-state index in [4.69, 9.17) is 4.52 Å². The van der Waals surface area contributed by atoms with Crippen LogP contribution in [0, 0.1) is 0 Å². The lowest BCUT2D eigenvalue weighted by Crippen LogP contribution is -2.31. The van der Waals surface area contributed by atoms with Gasteiger partial charge in [0.05, 0.1) is 24.2 Å². The van der Waals surface area contributed by atoms with Gasteiger partial charge in [0.15, 0.2) is 11.0 Å². The second kappa shape index (κ2) is 9.61. The van der Waals surface area contributed by atoms with Gasteiger partial charge in [0, 0.05) is 30.1 Å². The van der Waals surface area contributed by atoms with Crippen LogP contribution in [-0.2, 0) is 17.1 Å². The van der Waals surface area contributed by atoms with E-state index in [0.717, 1.165) is 37.1 Å². The molecule has 1 amide bonds. The van der Waals surface area contributed by atoms with E-state index in [2.05, 4.69) is 25.3 Å². The number of hydrogen-bond donors (Lipinski definition) is 0. The summed E-state index contributed by atoms with van der Waals surface area (Å²) in [5.74, 6) is 2.43. The third kappa shape index (κ3) is 4.58. The second-order valence-electron chi connectivity index (χ2n) is 7.38. The van der Waals surface area contributed by atoms with Crippen LogP contribution in [0.4, 0.5) is 0 Å². The molecular formula is C21H21N7O2S2. The normalized spacial score (nSPS) is 14.6. The minimum Gasteiger partial charge on any atom is -0.338 e. The number of thiophene rings is 1. The van der Waals surface area contributed by atoms with Crippen LogP contribution in [0.1, 0.15) is 37.4 Å². The smallest absolute Gasteiger partial charge is 0.237 e. The fourth-order valence-electron chi connectivity index (χ4n) is 3.57. The highest BCUT2D eigenvalue weighted by Crippen LogP contribution is 2.27. The lowest BCUT2D eigenvalue weighted by molar-refractivity contribution is -0.131. The number of amides is 1. The van der Waals surface area contributed by atoms with E-state index in [1.807, 2.05) is 38.4 Å². The molecule has 0 radical (unpaired) electrons. The number of carbonyl (C=O) groups excluding carboxylic acids is 1. The number of rotatable bonds is 7. The van der Waals surface area contributed by atoms with Crippen LogP contribution >= 0.6 is 23.1 Å². The molecule has 11 heteroatoms. The van der Waals surface area contributed by atoms with E-state index < -0.39 is 0 Å². The van der Waals surface area contributed by atoms with Crippen molar-refractivity contribution in [2.45, 2.75) is 43.1 Å². The van der Waals surface area contributed by atoms with E-state index in [9.17, 15) is 4.79 Å². The standard InChI is InChI=1S/C21H21N7O2S2/c29-19-6-2-1-3-9-27(19)12-17-24-25-21(28(17)16-5-4-8-22-11-16)32-14-18-23-20(26-30-18)15-7-10-31-13-15/h4-5,7-8,10-11,13H,1-3,6,9,12,14H2. The lowest BCUT2D eigenvalue weighted by atomic mass is 10.2. The van der Waals surface area contributed by atoms with Gasteiger partial charge in [-0.25, -0.2) is 0 Å². The van der Waals surface area contributed by atoms with Gasteiger partial charge in [0.2, 0.25) is 17.6 Å². The average Bonchev–Trinajstić information content (AvgIpc) is 3.55. The molecule has 5 heterocycles. The third-order valence-corrected chi connectivity index (χ3v) is 6.78. The van der Waals surface area contributed by atoms with Gasteiger partial charge in [-0.2, -0.15) is 16.3 Å². The van der Waals surface area contributed by atoms with Crippen LogP contribution in [0.15, 0.2) is 51.0 Å². The van der Waals surface area contributed by atoms with Gasteiger partial charge in [-0.05, 0) is 36.4 Å². The predicted molar refractivity (Wildman–Crippen MR) is 120 cm³/mol. The number of carbonyl (C=O) groups is 1. The zero-order chi connectivity index (χ0) is 21.8. The first-order valence-corrected chi connectivity index (χ1v) is 12.3. The lowest BCUT2D eigenvalue weighted by Gasteiger charge is -2.20.